The van der Waals surface area contributed by atoms with Crippen molar-refractivity contribution in [3.05, 3.63) is 59.7 Å². The maximum absolute atomic E-state index is 13.0. The maximum Gasteiger partial charge on any atom is 0.419 e. The highest BCUT2D eigenvalue weighted by atomic mass is 19.4. The number of hydrogen-bond donors (Lipinski definition) is 0. The van der Waals surface area contributed by atoms with Crippen molar-refractivity contribution in [3.63, 3.8) is 0 Å². The molecule has 22 heavy (non-hydrogen) atoms. The molecule has 0 aliphatic rings. The molecule has 0 heterocycles. The smallest absolute Gasteiger partial charge is 0.419 e. The summed E-state index contributed by atoms with van der Waals surface area (Å²) in [6.07, 6.45) is -4.55. The van der Waals surface area contributed by atoms with Gasteiger partial charge in [-0.2, -0.15) is 13.2 Å². The number of carbonyl (C=O) groups excluding carboxylic acids is 1. The first kappa shape index (κ1) is 15.9. The Kier molecular flexibility index (Phi) is 4.70. The predicted octanol–water partition coefficient (Wildman–Crippen LogP) is 4.67. The molecule has 0 saturated heterocycles. The third-order valence-corrected chi connectivity index (χ3v) is 2.79. The third-order valence-electron chi connectivity index (χ3n) is 2.79. The van der Waals surface area contributed by atoms with Crippen LogP contribution < -0.4 is 4.74 Å². The molecule has 0 saturated carbocycles. The molecule has 0 atom stereocenters. The lowest BCUT2D eigenvalue weighted by Crippen LogP contribution is -2.09. The molecule has 0 fully saturated rings. The second-order valence-electron chi connectivity index (χ2n) is 4.31. The first-order chi connectivity index (χ1) is 10.4. The van der Waals surface area contributed by atoms with Crippen LogP contribution in [-0.2, 0) is 10.9 Å². The van der Waals surface area contributed by atoms with Crippen molar-refractivity contribution in [2.45, 2.75) is 13.1 Å². The molecule has 2 aromatic rings. The Morgan fingerprint density at radius 1 is 1.00 bits per heavy atom. The summed E-state index contributed by atoms with van der Waals surface area (Å²) in [6.45, 7) is 1.80. The van der Waals surface area contributed by atoms with Gasteiger partial charge in [0, 0.05) is 0 Å². The number of ether oxygens (including phenoxy) is 2. The Morgan fingerprint density at radius 2 is 1.59 bits per heavy atom. The number of esters is 1. The molecular weight excluding hydrogens is 297 g/mol. The first-order valence-electron chi connectivity index (χ1n) is 6.53. The Hall–Kier alpha value is -2.50. The number of carbonyl (C=O) groups is 1. The third kappa shape index (κ3) is 3.58. The molecule has 6 heteroatoms. The summed E-state index contributed by atoms with van der Waals surface area (Å²) in [6, 6.07) is 10.8. The minimum absolute atomic E-state index is 0.0117. The summed E-state index contributed by atoms with van der Waals surface area (Å²) in [5, 5.41) is 0. The van der Waals surface area contributed by atoms with E-state index in [9.17, 15) is 18.0 Å². The van der Waals surface area contributed by atoms with Crippen molar-refractivity contribution in [1.29, 1.82) is 0 Å². The van der Waals surface area contributed by atoms with E-state index in [4.69, 9.17) is 9.47 Å². The molecule has 0 amide bonds. The average molecular weight is 310 g/mol. The van der Waals surface area contributed by atoms with Crippen LogP contribution in [0.25, 0.3) is 0 Å². The van der Waals surface area contributed by atoms with Gasteiger partial charge in [-0.25, -0.2) is 4.79 Å². The highest BCUT2D eigenvalue weighted by Gasteiger charge is 2.34. The van der Waals surface area contributed by atoms with Gasteiger partial charge >= 0.3 is 12.1 Å². The normalized spacial score (nSPS) is 11.1. The zero-order chi connectivity index (χ0) is 16.2. The summed E-state index contributed by atoms with van der Waals surface area (Å²) < 4.78 is 49.1. The van der Waals surface area contributed by atoms with Crippen LogP contribution >= 0.6 is 0 Å². The highest BCUT2D eigenvalue weighted by molar-refractivity contribution is 5.92. The summed E-state index contributed by atoms with van der Waals surface area (Å²) in [5.41, 5.74) is -0.838. The molecule has 116 valence electrons. The zero-order valence-electron chi connectivity index (χ0n) is 11.7. The van der Waals surface area contributed by atoms with Crippen molar-refractivity contribution in [1.82, 2.24) is 0 Å². The van der Waals surface area contributed by atoms with Crippen molar-refractivity contribution in [3.8, 4) is 11.5 Å². The molecule has 0 bridgehead atoms. The van der Waals surface area contributed by atoms with E-state index in [1.165, 1.54) is 30.3 Å². The van der Waals surface area contributed by atoms with Gasteiger partial charge in [0.05, 0.1) is 12.2 Å². The number of benzene rings is 2. The minimum Gasteiger partial charge on any atom is -0.462 e. The Labute approximate surface area is 125 Å². The number of hydrogen-bond acceptors (Lipinski definition) is 3. The summed E-state index contributed by atoms with van der Waals surface area (Å²) in [4.78, 5) is 11.8. The van der Waals surface area contributed by atoms with E-state index >= 15 is 0 Å². The summed E-state index contributed by atoms with van der Waals surface area (Å²) in [5.74, 6) is -1.01. The van der Waals surface area contributed by atoms with Crippen molar-refractivity contribution in [2.75, 3.05) is 6.61 Å². The quantitative estimate of drug-likeness (QED) is 0.770. The van der Waals surface area contributed by atoms with Crippen LogP contribution in [0.2, 0.25) is 0 Å². The van der Waals surface area contributed by atoms with Crippen LogP contribution in [0.3, 0.4) is 0 Å². The average Bonchev–Trinajstić information content (AvgIpc) is 2.47. The van der Waals surface area contributed by atoms with Crippen molar-refractivity contribution >= 4 is 5.97 Å². The van der Waals surface area contributed by atoms with Crippen molar-refractivity contribution in [2.24, 2.45) is 0 Å². The minimum atomic E-state index is -4.55. The van der Waals surface area contributed by atoms with Gasteiger partial charge in [-0.15, -0.1) is 0 Å². The van der Waals surface area contributed by atoms with E-state index < -0.39 is 17.7 Å². The van der Waals surface area contributed by atoms with E-state index in [1.54, 1.807) is 19.1 Å². The fraction of sp³-hybridized carbons (Fsp3) is 0.188. The number of halogens is 3. The lowest BCUT2D eigenvalue weighted by atomic mass is 10.1. The van der Waals surface area contributed by atoms with Gasteiger partial charge in [0.15, 0.2) is 0 Å². The van der Waals surface area contributed by atoms with Gasteiger partial charge in [-0.05, 0) is 31.2 Å². The summed E-state index contributed by atoms with van der Waals surface area (Å²) >= 11 is 0. The van der Waals surface area contributed by atoms with E-state index in [0.717, 1.165) is 6.07 Å². The van der Waals surface area contributed by atoms with E-state index in [-0.39, 0.29) is 23.7 Å². The number of para-hydroxylation sites is 2. The molecule has 0 aliphatic heterocycles. The van der Waals surface area contributed by atoms with Crippen LogP contribution in [0, 0.1) is 0 Å². The Balaban J connectivity index is 2.39. The summed E-state index contributed by atoms with van der Waals surface area (Å²) in [7, 11) is 0. The monoisotopic (exact) mass is 310 g/mol. The molecule has 0 aromatic heterocycles. The highest BCUT2D eigenvalue weighted by Crippen LogP contribution is 2.38. The molecule has 0 spiro atoms. The van der Waals surface area contributed by atoms with Crippen LogP contribution in [0.15, 0.2) is 48.5 Å². The van der Waals surface area contributed by atoms with E-state index in [1.807, 2.05) is 0 Å². The molecule has 2 aromatic carbocycles. The number of rotatable bonds is 4. The Morgan fingerprint density at radius 3 is 2.23 bits per heavy atom. The van der Waals surface area contributed by atoms with Crippen LogP contribution in [0.1, 0.15) is 22.8 Å². The van der Waals surface area contributed by atoms with Gasteiger partial charge in [0.25, 0.3) is 0 Å². The zero-order valence-corrected chi connectivity index (χ0v) is 11.7. The Bertz CT molecular complexity index is 666. The lowest BCUT2D eigenvalue weighted by molar-refractivity contribution is -0.138. The van der Waals surface area contributed by atoms with Gasteiger partial charge in [-0.3, -0.25) is 0 Å². The molecule has 0 radical (unpaired) electrons. The van der Waals surface area contributed by atoms with Gasteiger partial charge in [0.1, 0.15) is 17.1 Å². The first-order valence-corrected chi connectivity index (χ1v) is 6.53. The SMILES string of the molecule is CCOC(=O)c1ccccc1Oc1ccccc1C(F)(F)F. The van der Waals surface area contributed by atoms with E-state index in [0.29, 0.717) is 0 Å². The molecule has 3 nitrogen and oxygen atoms in total. The second kappa shape index (κ2) is 6.51. The van der Waals surface area contributed by atoms with Gasteiger partial charge < -0.3 is 9.47 Å². The maximum atomic E-state index is 13.0. The van der Waals surface area contributed by atoms with Gasteiger partial charge in [0.2, 0.25) is 0 Å². The predicted molar refractivity (Wildman–Crippen MR) is 73.9 cm³/mol. The van der Waals surface area contributed by atoms with Crippen LogP contribution in [-0.4, -0.2) is 12.6 Å². The molecule has 2 rings (SSSR count). The van der Waals surface area contributed by atoms with Gasteiger partial charge in [-0.1, -0.05) is 24.3 Å². The van der Waals surface area contributed by atoms with E-state index in [2.05, 4.69) is 0 Å². The molecule has 0 aliphatic carbocycles. The number of alkyl halides is 3. The molecule has 0 unspecified atom stereocenters. The fourth-order valence-electron chi connectivity index (χ4n) is 1.84. The van der Waals surface area contributed by atoms with Crippen LogP contribution in [0.4, 0.5) is 13.2 Å². The molecular formula is C16H13F3O3. The lowest BCUT2D eigenvalue weighted by Gasteiger charge is -2.15. The molecule has 0 N–H and O–H groups in total. The second-order valence-corrected chi connectivity index (χ2v) is 4.31. The topological polar surface area (TPSA) is 35.5 Å². The largest absolute Gasteiger partial charge is 0.462 e. The van der Waals surface area contributed by atoms with Crippen molar-refractivity contribution < 1.29 is 27.4 Å². The standard InChI is InChI=1S/C16H13F3O3/c1-2-21-15(20)11-7-3-5-9-13(11)22-14-10-6-4-8-12(14)16(17,18)19/h3-10H,2H2,1H3. The van der Waals surface area contributed by atoms with Crippen LogP contribution in [0.5, 0.6) is 11.5 Å². The fourth-order valence-corrected chi connectivity index (χ4v) is 1.84.